The van der Waals surface area contributed by atoms with Crippen molar-refractivity contribution in [1.82, 2.24) is 25.1 Å². The molecular weight excluding hydrogens is 596 g/mol. The lowest BCUT2D eigenvalue weighted by Crippen LogP contribution is -2.28. The van der Waals surface area contributed by atoms with Crippen LogP contribution in [0.25, 0.3) is 5.69 Å². The van der Waals surface area contributed by atoms with E-state index in [4.69, 9.17) is 5.10 Å². The van der Waals surface area contributed by atoms with Crippen LogP contribution in [0.2, 0.25) is 0 Å². The van der Waals surface area contributed by atoms with Gasteiger partial charge in [-0.25, -0.2) is 9.40 Å². The Balaban J connectivity index is 1.21. The lowest BCUT2D eigenvalue weighted by Gasteiger charge is -2.22. The smallest absolute Gasteiger partial charge is 0.253 e. The number of amides is 2. The number of rotatable bonds is 10. The van der Waals surface area contributed by atoms with E-state index in [1.165, 1.54) is 28.9 Å². The van der Waals surface area contributed by atoms with Gasteiger partial charge in [0.1, 0.15) is 5.82 Å². The van der Waals surface area contributed by atoms with E-state index in [0.717, 1.165) is 33.0 Å². The van der Waals surface area contributed by atoms with Crippen LogP contribution in [0.5, 0.6) is 0 Å². The van der Waals surface area contributed by atoms with Gasteiger partial charge in [0.25, 0.3) is 5.91 Å². The highest BCUT2D eigenvalue weighted by Crippen LogP contribution is 2.35. The number of aryl methyl sites for hydroxylation is 1. The van der Waals surface area contributed by atoms with E-state index in [-0.39, 0.29) is 42.4 Å². The van der Waals surface area contributed by atoms with Crippen LogP contribution in [0.1, 0.15) is 39.9 Å². The topological polar surface area (TPSA) is 92.5 Å². The number of thiophene rings is 1. The summed E-state index contributed by atoms with van der Waals surface area (Å²) in [4.78, 5) is 27.4. The van der Waals surface area contributed by atoms with Gasteiger partial charge in [-0.15, -0.1) is 21.5 Å². The average Bonchev–Trinajstić information content (AvgIpc) is 3.80. The SMILES string of the molecule is Cc1cccc(-n2c(CNC(=O)Cc3ccccc3)nnc2SCC(=O)N2N=C(c3cccs3)C[C@@H]2c2ccc(F)cc2)c1. The number of nitrogens with zero attached hydrogens (tertiary/aromatic N) is 5. The van der Waals surface area contributed by atoms with Gasteiger partial charge in [0.15, 0.2) is 11.0 Å². The minimum Gasteiger partial charge on any atom is -0.348 e. The summed E-state index contributed by atoms with van der Waals surface area (Å²) in [6.07, 6.45) is 0.795. The molecule has 0 spiro atoms. The Kier molecular flexibility index (Phi) is 8.94. The number of hydrazone groups is 1. The molecule has 0 fully saturated rings. The van der Waals surface area contributed by atoms with Gasteiger partial charge < -0.3 is 5.32 Å². The maximum atomic E-state index is 13.7. The molecular formula is C33H29FN6O2S2. The minimum atomic E-state index is -0.342. The second-order valence-corrected chi connectivity index (χ2v) is 12.2. The second-order valence-electron chi connectivity index (χ2n) is 10.3. The minimum absolute atomic E-state index is 0.0588. The fourth-order valence-corrected chi connectivity index (χ4v) is 6.57. The molecule has 44 heavy (non-hydrogen) atoms. The van der Waals surface area contributed by atoms with Crippen LogP contribution in [0.3, 0.4) is 0 Å². The van der Waals surface area contributed by atoms with Crippen molar-refractivity contribution in [2.75, 3.05) is 5.75 Å². The molecule has 222 valence electrons. The number of aromatic nitrogens is 3. The summed E-state index contributed by atoms with van der Waals surface area (Å²) in [5.41, 5.74) is 4.45. The van der Waals surface area contributed by atoms with Crippen molar-refractivity contribution in [2.45, 2.75) is 37.5 Å². The molecule has 0 saturated heterocycles. The molecule has 8 nitrogen and oxygen atoms in total. The van der Waals surface area contributed by atoms with Gasteiger partial charge in [-0.05, 0) is 59.3 Å². The number of nitrogens with one attached hydrogen (secondary N) is 1. The summed E-state index contributed by atoms with van der Waals surface area (Å²) >= 11 is 2.83. The number of halogens is 1. The summed E-state index contributed by atoms with van der Waals surface area (Å²) in [5.74, 6) is -0.0482. The highest BCUT2D eigenvalue weighted by molar-refractivity contribution is 7.99. The Hall–Kier alpha value is -4.61. The molecule has 11 heteroatoms. The first-order valence-corrected chi connectivity index (χ1v) is 15.9. The van der Waals surface area contributed by atoms with E-state index in [0.29, 0.717) is 17.4 Å². The first kappa shape index (κ1) is 29.5. The first-order valence-electron chi connectivity index (χ1n) is 14.1. The van der Waals surface area contributed by atoms with Crippen LogP contribution >= 0.6 is 23.1 Å². The van der Waals surface area contributed by atoms with Crippen molar-refractivity contribution in [3.63, 3.8) is 0 Å². The van der Waals surface area contributed by atoms with Crippen LogP contribution in [0, 0.1) is 12.7 Å². The van der Waals surface area contributed by atoms with Gasteiger partial charge in [0.2, 0.25) is 5.91 Å². The third-order valence-corrected chi connectivity index (χ3v) is 8.99. The summed E-state index contributed by atoms with van der Waals surface area (Å²) in [6.45, 7) is 2.17. The molecule has 0 bridgehead atoms. The zero-order valence-electron chi connectivity index (χ0n) is 23.9. The van der Waals surface area contributed by atoms with E-state index in [1.807, 2.05) is 83.6 Å². The second kappa shape index (κ2) is 13.4. The normalized spacial score (nSPS) is 14.5. The molecule has 0 radical (unpaired) electrons. The zero-order valence-corrected chi connectivity index (χ0v) is 25.5. The molecule has 2 aromatic heterocycles. The molecule has 0 aliphatic carbocycles. The maximum Gasteiger partial charge on any atom is 0.253 e. The first-order chi connectivity index (χ1) is 21.4. The molecule has 0 unspecified atom stereocenters. The van der Waals surface area contributed by atoms with Crippen molar-refractivity contribution in [1.29, 1.82) is 0 Å². The monoisotopic (exact) mass is 624 g/mol. The van der Waals surface area contributed by atoms with Gasteiger partial charge in [-0.1, -0.05) is 72.4 Å². The molecule has 1 aliphatic rings. The molecule has 6 rings (SSSR count). The third kappa shape index (κ3) is 6.79. The van der Waals surface area contributed by atoms with Crippen molar-refractivity contribution < 1.29 is 14.0 Å². The Morgan fingerprint density at radius 3 is 2.57 bits per heavy atom. The molecule has 1 aliphatic heterocycles. The van der Waals surface area contributed by atoms with Crippen molar-refractivity contribution in [2.24, 2.45) is 5.10 Å². The van der Waals surface area contributed by atoms with Crippen molar-refractivity contribution in [3.8, 4) is 5.69 Å². The van der Waals surface area contributed by atoms with E-state index in [9.17, 15) is 14.0 Å². The number of thioether (sulfide) groups is 1. The van der Waals surface area contributed by atoms with Gasteiger partial charge in [-0.3, -0.25) is 14.2 Å². The largest absolute Gasteiger partial charge is 0.348 e. The number of carbonyl (C=O) groups is 2. The fourth-order valence-electron chi connectivity index (χ4n) is 5.02. The molecule has 1 N–H and O–H groups in total. The highest BCUT2D eigenvalue weighted by atomic mass is 32.2. The van der Waals surface area contributed by atoms with Gasteiger partial charge in [-0.2, -0.15) is 5.10 Å². The third-order valence-electron chi connectivity index (χ3n) is 7.16. The summed E-state index contributed by atoms with van der Waals surface area (Å²) in [7, 11) is 0. The Labute approximate surface area is 262 Å². The van der Waals surface area contributed by atoms with Crippen LogP contribution in [0.4, 0.5) is 4.39 Å². The molecule has 5 aromatic rings. The van der Waals surface area contributed by atoms with Gasteiger partial charge in [0.05, 0.1) is 35.3 Å². The Morgan fingerprint density at radius 1 is 1.00 bits per heavy atom. The van der Waals surface area contributed by atoms with Gasteiger partial charge >= 0.3 is 0 Å². The van der Waals surface area contributed by atoms with Crippen molar-refractivity contribution >= 4 is 40.6 Å². The number of hydrogen-bond donors (Lipinski definition) is 1. The number of hydrogen-bond acceptors (Lipinski definition) is 7. The summed E-state index contributed by atoms with van der Waals surface area (Å²) in [5, 5.41) is 20.5. The molecule has 0 saturated carbocycles. The van der Waals surface area contributed by atoms with E-state index >= 15 is 0 Å². The number of benzene rings is 3. The lowest BCUT2D eigenvalue weighted by molar-refractivity contribution is -0.130. The summed E-state index contributed by atoms with van der Waals surface area (Å²) in [6, 6.07) is 27.2. The molecule has 3 aromatic carbocycles. The molecule has 3 heterocycles. The average molecular weight is 625 g/mol. The van der Waals surface area contributed by atoms with Crippen molar-refractivity contribution in [3.05, 3.63) is 130 Å². The highest BCUT2D eigenvalue weighted by Gasteiger charge is 2.33. The Morgan fingerprint density at radius 2 is 1.82 bits per heavy atom. The number of carbonyl (C=O) groups excluding carboxylic acids is 2. The van der Waals surface area contributed by atoms with Crippen LogP contribution < -0.4 is 5.32 Å². The standard InChI is InChI=1S/C33H29FN6O2S2/c1-22-7-5-10-26(17-22)39-30(20-35-31(41)18-23-8-3-2-4-9-23)36-37-33(39)44-21-32(42)40-28(24-12-14-25(34)15-13-24)19-27(38-40)29-11-6-16-43-29/h2-17,28H,18-21H2,1H3,(H,35,41)/t28-/m1/s1. The fraction of sp³-hybridized carbons (Fsp3) is 0.182. The molecule has 2 amide bonds. The van der Waals surface area contributed by atoms with E-state index < -0.39 is 0 Å². The van der Waals surface area contributed by atoms with Crippen LogP contribution in [-0.2, 0) is 22.6 Å². The van der Waals surface area contributed by atoms with Gasteiger partial charge in [0, 0.05) is 12.1 Å². The maximum absolute atomic E-state index is 13.7. The Bertz CT molecular complexity index is 1790. The quantitative estimate of drug-likeness (QED) is 0.190. The predicted molar refractivity (Wildman–Crippen MR) is 170 cm³/mol. The van der Waals surface area contributed by atoms with E-state index in [2.05, 4.69) is 15.5 Å². The van der Waals surface area contributed by atoms with Crippen LogP contribution in [0.15, 0.2) is 107 Å². The predicted octanol–water partition coefficient (Wildman–Crippen LogP) is 6.11. The van der Waals surface area contributed by atoms with E-state index in [1.54, 1.807) is 23.5 Å². The lowest BCUT2D eigenvalue weighted by atomic mass is 10.0. The van der Waals surface area contributed by atoms with Crippen LogP contribution in [-0.4, -0.2) is 43.1 Å². The summed E-state index contributed by atoms with van der Waals surface area (Å²) < 4.78 is 15.6. The zero-order chi connectivity index (χ0) is 30.5. The molecule has 1 atom stereocenters.